The second-order valence-corrected chi connectivity index (χ2v) is 8.12. The van der Waals surface area contributed by atoms with E-state index in [1.807, 2.05) is 10.9 Å². The van der Waals surface area contributed by atoms with Gasteiger partial charge < -0.3 is 15.6 Å². The quantitative estimate of drug-likeness (QED) is 0.430. The summed E-state index contributed by atoms with van der Waals surface area (Å²) in [4.78, 5) is 12.6. The van der Waals surface area contributed by atoms with E-state index in [1.165, 1.54) is 6.07 Å². The van der Waals surface area contributed by atoms with Gasteiger partial charge in [0, 0.05) is 48.6 Å². The first-order valence-electron chi connectivity index (χ1n) is 10.8. The first-order valence-corrected chi connectivity index (χ1v) is 10.8. The number of aromatic nitrogens is 4. The van der Waals surface area contributed by atoms with E-state index in [0.717, 1.165) is 66.4 Å². The van der Waals surface area contributed by atoms with Crippen LogP contribution in [0.3, 0.4) is 0 Å². The summed E-state index contributed by atoms with van der Waals surface area (Å²) in [5.74, 6) is 2.92. The standard InChI is InChI=1S/C22H30FN7/c1-4-24-22(25-10-9-15-12-26-19-7-5-16(23)11-18(15)19)27-17-6-8-20-28-21(14(2)3)29-30(20)13-17/h5,7,11-12,14,17,26H,4,6,8-10,13H2,1-3H3,(H2,24,25,27). The maximum absolute atomic E-state index is 13.6. The molecule has 1 unspecified atom stereocenters. The van der Waals surface area contributed by atoms with E-state index in [4.69, 9.17) is 4.99 Å². The smallest absolute Gasteiger partial charge is 0.191 e. The average molecular weight is 412 g/mol. The van der Waals surface area contributed by atoms with Crippen LogP contribution in [0, 0.1) is 5.82 Å². The molecule has 1 aliphatic rings. The van der Waals surface area contributed by atoms with Crippen molar-refractivity contribution in [2.75, 3.05) is 13.1 Å². The number of benzene rings is 1. The van der Waals surface area contributed by atoms with E-state index in [2.05, 4.69) is 46.5 Å². The van der Waals surface area contributed by atoms with Gasteiger partial charge in [0.2, 0.25) is 0 Å². The number of H-pyrrole nitrogens is 1. The lowest BCUT2D eigenvalue weighted by molar-refractivity contribution is 0.391. The monoisotopic (exact) mass is 411 g/mol. The zero-order valence-corrected chi connectivity index (χ0v) is 17.9. The Bertz CT molecular complexity index is 1030. The van der Waals surface area contributed by atoms with Gasteiger partial charge in [0.1, 0.15) is 11.6 Å². The molecule has 1 aromatic carbocycles. The highest BCUT2D eigenvalue weighted by Crippen LogP contribution is 2.20. The fraction of sp³-hybridized carbons (Fsp3) is 0.500. The minimum atomic E-state index is -0.216. The largest absolute Gasteiger partial charge is 0.361 e. The summed E-state index contributed by atoms with van der Waals surface area (Å²) in [6, 6.07) is 5.09. The number of nitrogens with one attached hydrogen (secondary N) is 3. The number of rotatable bonds is 6. The first-order chi connectivity index (χ1) is 14.5. The molecule has 0 fully saturated rings. The summed E-state index contributed by atoms with van der Waals surface area (Å²) in [6.07, 6.45) is 4.61. The summed E-state index contributed by atoms with van der Waals surface area (Å²) in [7, 11) is 0. The highest BCUT2D eigenvalue weighted by Gasteiger charge is 2.23. The molecule has 30 heavy (non-hydrogen) atoms. The minimum absolute atomic E-state index is 0.216. The molecule has 0 radical (unpaired) electrons. The third-order valence-corrected chi connectivity index (χ3v) is 5.46. The predicted octanol–water partition coefficient (Wildman–Crippen LogP) is 3.13. The molecule has 2 aromatic heterocycles. The van der Waals surface area contributed by atoms with Crippen LogP contribution in [-0.2, 0) is 19.4 Å². The Kier molecular flexibility index (Phi) is 6.01. The van der Waals surface area contributed by atoms with Gasteiger partial charge in [-0.1, -0.05) is 13.8 Å². The van der Waals surface area contributed by atoms with Gasteiger partial charge in [-0.25, -0.2) is 14.1 Å². The molecule has 0 bridgehead atoms. The molecule has 1 aliphatic heterocycles. The molecular weight excluding hydrogens is 381 g/mol. The third-order valence-electron chi connectivity index (χ3n) is 5.46. The van der Waals surface area contributed by atoms with Gasteiger partial charge in [-0.05, 0) is 43.5 Å². The van der Waals surface area contributed by atoms with Crippen LogP contribution >= 0.6 is 0 Å². The fourth-order valence-electron chi connectivity index (χ4n) is 3.85. The first kappa shape index (κ1) is 20.4. The highest BCUT2D eigenvalue weighted by molar-refractivity contribution is 5.83. The van der Waals surface area contributed by atoms with Crippen LogP contribution in [-0.4, -0.2) is 44.8 Å². The third kappa shape index (κ3) is 4.47. The lowest BCUT2D eigenvalue weighted by atomic mass is 10.1. The molecular formula is C22H30FN7. The molecule has 0 aliphatic carbocycles. The van der Waals surface area contributed by atoms with E-state index < -0.39 is 0 Å². The van der Waals surface area contributed by atoms with Gasteiger partial charge in [-0.15, -0.1) is 0 Å². The van der Waals surface area contributed by atoms with E-state index in [1.54, 1.807) is 12.1 Å². The number of fused-ring (bicyclic) bond motifs is 2. The Hall–Kier alpha value is -2.90. The summed E-state index contributed by atoms with van der Waals surface area (Å²) in [5, 5.41) is 12.5. The summed E-state index contributed by atoms with van der Waals surface area (Å²) in [5.41, 5.74) is 2.03. The van der Waals surface area contributed by atoms with Crippen molar-refractivity contribution in [3.8, 4) is 0 Å². The average Bonchev–Trinajstić information content (AvgIpc) is 3.32. The molecule has 0 saturated heterocycles. The maximum atomic E-state index is 13.6. The van der Waals surface area contributed by atoms with Crippen molar-refractivity contribution in [1.29, 1.82) is 0 Å². The summed E-state index contributed by atoms with van der Waals surface area (Å²) < 4.78 is 15.6. The van der Waals surface area contributed by atoms with E-state index in [0.29, 0.717) is 12.5 Å². The van der Waals surface area contributed by atoms with Crippen LogP contribution in [0.1, 0.15) is 50.3 Å². The minimum Gasteiger partial charge on any atom is -0.361 e. The van der Waals surface area contributed by atoms with Crippen LogP contribution in [0.25, 0.3) is 10.9 Å². The second kappa shape index (κ2) is 8.85. The molecule has 1 atom stereocenters. The molecule has 3 heterocycles. The van der Waals surface area contributed by atoms with Gasteiger partial charge in [-0.3, -0.25) is 4.99 Å². The van der Waals surface area contributed by atoms with Crippen molar-refractivity contribution in [2.24, 2.45) is 4.99 Å². The lowest BCUT2D eigenvalue weighted by Gasteiger charge is -2.25. The molecule has 3 aromatic rings. The van der Waals surface area contributed by atoms with Crippen LogP contribution in [0.2, 0.25) is 0 Å². The Balaban J connectivity index is 1.39. The number of aliphatic imine (C=N–C) groups is 1. The second-order valence-electron chi connectivity index (χ2n) is 8.12. The Morgan fingerprint density at radius 2 is 2.27 bits per heavy atom. The van der Waals surface area contributed by atoms with Crippen molar-refractivity contribution in [3.63, 3.8) is 0 Å². The van der Waals surface area contributed by atoms with Gasteiger partial charge >= 0.3 is 0 Å². The number of hydrogen-bond donors (Lipinski definition) is 3. The number of aryl methyl sites for hydroxylation is 1. The predicted molar refractivity (Wildman–Crippen MR) is 117 cm³/mol. The van der Waals surface area contributed by atoms with Gasteiger partial charge in [0.15, 0.2) is 11.8 Å². The maximum Gasteiger partial charge on any atom is 0.191 e. The van der Waals surface area contributed by atoms with Crippen molar-refractivity contribution in [2.45, 2.75) is 58.5 Å². The topological polar surface area (TPSA) is 82.9 Å². The van der Waals surface area contributed by atoms with Crippen molar-refractivity contribution in [1.82, 2.24) is 30.4 Å². The van der Waals surface area contributed by atoms with Crippen molar-refractivity contribution >= 4 is 16.9 Å². The molecule has 7 nitrogen and oxygen atoms in total. The molecule has 0 spiro atoms. The number of halogens is 1. The zero-order valence-electron chi connectivity index (χ0n) is 17.9. The van der Waals surface area contributed by atoms with Crippen LogP contribution < -0.4 is 10.6 Å². The van der Waals surface area contributed by atoms with Gasteiger partial charge in [0.05, 0.1) is 6.54 Å². The summed E-state index contributed by atoms with van der Waals surface area (Å²) >= 11 is 0. The fourth-order valence-corrected chi connectivity index (χ4v) is 3.85. The number of hydrogen-bond acceptors (Lipinski definition) is 3. The molecule has 0 saturated carbocycles. The Morgan fingerprint density at radius 3 is 3.07 bits per heavy atom. The molecule has 3 N–H and O–H groups in total. The molecule has 0 amide bonds. The SMILES string of the molecule is CCNC(=NCCc1c[nH]c2ccc(F)cc12)NC1CCc2nc(C(C)C)nn2C1. The van der Waals surface area contributed by atoms with Gasteiger partial charge in [-0.2, -0.15) is 5.10 Å². The van der Waals surface area contributed by atoms with E-state index in [-0.39, 0.29) is 11.9 Å². The van der Waals surface area contributed by atoms with Crippen LogP contribution in [0.15, 0.2) is 29.4 Å². The Labute approximate surface area is 176 Å². The molecule has 4 rings (SSSR count). The normalized spacial score (nSPS) is 16.8. The lowest BCUT2D eigenvalue weighted by Crippen LogP contribution is -2.47. The summed E-state index contributed by atoms with van der Waals surface area (Å²) in [6.45, 7) is 8.51. The van der Waals surface area contributed by atoms with Gasteiger partial charge in [0.25, 0.3) is 0 Å². The van der Waals surface area contributed by atoms with E-state index >= 15 is 0 Å². The zero-order chi connectivity index (χ0) is 21.1. The highest BCUT2D eigenvalue weighted by atomic mass is 19.1. The van der Waals surface area contributed by atoms with E-state index in [9.17, 15) is 4.39 Å². The molecule has 160 valence electrons. The molecule has 8 heteroatoms. The number of nitrogens with zero attached hydrogens (tertiary/aromatic N) is 4. The number of aromatic amines is 1. The number of guanidine groups is 1. The van der Waals surface area contributed by atoms with Crippen LogP contribution in [0.4, 0.5) is 4.39 Å². The van der Waals surface area contributed by atoms with Crippen molar-refractivity contribution in [3.05, 3.63) is 47.4 Å². The van der Waals surface area contributed by atoms with Crippen LogP contribution in [0.5, 0.6) is 0 Å². The Morgan fingerprint density at radius 1 is 1.40 bits per heavy atom. The van der Waals surface area contributed by atoms with Crippen molar-refractivity contribution < 1.29 is 4.39 Å².